The van der Waals surface area contributed by atoms with Crippen molar-refractivity contribution in [2.75, 3.05) is 6.61 Å². The van der Waals surface area contributed by atoms with Crippen molar-refractivity contribution in [3.05, 3.63) is 362 Å². The van der Waals surface area contributed by atoms with Gasteiger partial charge in [-0.05, 0) is 304 Å². The van der Waals surface area contributed by atoms with Gasteiger partial charge in [0.15, 0.2) is 0 Å². The predicted molar refractivity (Wildman–Crippen MR) is 638 cm³/mol. The molecule has 0 heterocycles. The van der Waals surface area contributed by atoms with Crippen molar-refractivity contribution in [2.24, 2.45) is 10.8 Å². The molecule has 0 radical (unpaired) electrons. The van der Waals surface area contributed by atoms with Gasteiger partial charge in [0.25, 0.3) is 0 Å². The molecule has 0 spiro atoms. The van der Waals surface area contributed by atoms with Gasteiger partial charge in [-0.15, -0.1) is 0 Å². The maximum atomic E-state index is 10.6. The van der Waals surface area contributed by atoms with E-state index in [0.717, 1.165) is 209 Å². The maximum absolute atomic E-state index is 10.6. The molecule has 4 atom stereocenters. The zero-order valence-corrected chi connectivity index (χ0v) is 94.3. The van der Waals surface area contributed by atoms with E-state index in [2.05, 4.69) is 209 Å². The van der Waals surface area contributed by atoms with Crippen LogP contribution in [0.1, 0.15) is 438 Å². The van der Waals surface area contributed by atoms with Crippen LogP contribution in [-0.2, 0) is 12.8 Å². The molecule has 0 bridgehead atoms. The SMILES string of the molecule is C.CCCC(O)c1cccc(/C=C/C(O)(CCC)CCC)c1.CCCC(O)c1cccc(/C=C/C2(O)CCCCC2)c1.CCCC(O)c1cccc(/C=C/C2=C(C)CCCC2(C)C)c1.CCCC(O)c1cccc(/C=C/c2c(Cl)cccc2Cl)c1.CCCCc1cccc(/C=C/C2=C(C)CCCC2(C)C)c1.CCCCc1cccc(/C=C/c2c(Cl)cccc2Cl)c1.CCCOc1cccc(/C=C/C(O)(CCC)CCC)c1. The zero-order chi connectivity index (χ0) is 106. The molecule has 7 N–H and O–H groups in total. The van der Waals surface area contributed by atoms with Gasteiger partial charge in [-0.25, -0.2) is 0 Å². The minimum Gasteiger partial charge on any atom is -0.494 e. The first kappa shape index (κ1) is 128. The van der Waals surface area contributed by atoms with E-state index in [9.17, 15) is 35.7 Å². The molecule has 12 heteroatoms. The van der Waals surface area contributed by atoms with Crippen LogP contribution in [0.5, 0.6) is 5.75 Å². The largest absolute Gasteiger partial charge is 0.494 e. The molecule has 9 aromatic rings. The van der Waals surface area contributed by atoms with Gasteiger partial charge in [0, 0.05) is 31.2 Å². The summed E-state index contributed by atoms with van der Waals surface area (Å²) in [7, 11) is 0. The Morgan fingerprint density at radius 2 is 0.630 bits per heavy atom. The second-order valence-corrected chi connectivity index (χ2v) is 43.0. The van der Waals surface area contributed by atoms with E-state index in [1.165, 1.54) is 116 Å². The van der Waals surface area contributed by atoms with E-state index < -0.39 is 29.0 Å². The first-order valence-electron chi connectivity index (χ1n) is 54.9. The third kappa shape index (κ3) is 47.2. The van der Waals surface area contributed by atoms with Gasteiger partial charge >= 0.3 is 0 Å². The van der Waals surface area contributed by atoms with Crippen LogP contribution in [0.3, 0.4) is 0 Å². The highest BCUT2D eigenvalue weighted by Gasteiger charge is 2.30. The monoisotopic (exact) mass is 2060 g/mol. The fourth-order valence-corrected chi connectivity index (χ4v) is 20.2. The summed E-state index contributed by atoms with van der Waals surface area (Å²) in [5.74, 6) is 0.892. The standard InChI is InChI=1S/C21H30O.C21H30.C19H30O2.C18H18Cl2O.C18H18Cl2.C18H26O2.C18H28O2.CH4/c1-5-8-20(22)18-11-6-10-17(15-18)12-13-19-16(2)9-7-14-21(19,3)4;1-5-6-10-18-11-7-12-19(16-18)13-14-20-17(2)9-8-15-21(20,3)4;1-4-8-18(20)17-10-7-9-16(15-17)11-14-19(21,12-5-2)13-6-3;1-2-5-18(21)14-7-3-6-13(12-14)10-11-15-16(19)8-4-9-17(15)20;1-2-3-6-14-7-4-8-15(13-14)11-12-16-17(19)9-5-10-18(16)20;1-2-7-17(19)16-9-6-8-15(14-16)10-13-18(20)11-4-3-5-12-18;1-4-11-18(19,12-5-2)13-10-16-8-7-9-17(15-16)20-14-6-3;/h6,10-13,15,20,22H,5,7-9,14H2,1-4H3;7,11-14,16H,5-6,8-10,15H2,1-4H3;7,9-11,14-15,18,20-21H,4-6,8,12-13H2,1-3H3;3-4,6-12,18,21H,2,5H2,1H3;4-5,7-13H,2-3,6H2,1H3;6,8-10,13-14,17,19-20H,2-5,7,11-12H2,1H3;7-10,13,15,19H,4-6,11-12,14H2,1-3H3;1H4/b13-12+;14-13+;14-11+;11-10+;12-11+;2*13-10+;. The molecule has 8 nitrogen and oxygen atoms in total. The molecule has 3 aliphatic rings. The number of benzene rings is 9. The van der Waals surface area contributed by atoms with Crippen LogP contribution in [0.4, 0.5) is 0 Å². The second-order valence-electron chi connectivity index (χ2n) is 41.4. The van der Waals surface area contributed by atoms with E-state index in [1.54, 1.807) is 11.1 Å². The number of aryl methyl sites for hydroxylation is 2. The van der Waals surface area contributed by atoms with Crippen LogP contribution in [0.2, 0.25) is 20.1 Å². The van der Waals surface area contributed by atoms with Crippen molar-refractivity contribution in [3.63, 3.8) is 0 Å². The molecule has 12 rings (SSSR count). The number of halogens is 4. The van der Waals surface area contributed by atoms with Gasteiger partial charge in [-0.2, -0.15) is 0 Å². The number of rotatable bonds is 43. The van der Waals surface area contributed by atoms with Gasteiger partial charge in [0.05, 0.1) is 47.8 Å². The lowest BCUT2D eigenvalue weighted by Gasteiger charge is -2.32. The van der Waals surface area contributed by atoms with Gasteiger partial charge in [-0.3, -0.25) is 0 Å². The minimum atomic E-state index is -0.707. The summed E-state index contributed by atoms with van der Waals surface area (Å²) < 4.78 is 5.63. The molecule has 1 saturated carbocycles. The van der Waals surface area contributed by atoms with E-state index in [1.807, 2.05) is 200 Å². The Balaban J connectivity index is 0.000000299. The van der Waals surface area contributed by atoms with E-state index in [0.29, 0.717) is 25.5 Å². The third-order valence-electron chi connectivity index (χ3n) is 27.4. The highest BCUT2D eigenvalue weighted by Crippen LogP contribution is 2.44. The number of allylic oxidation sites excluding steroid dienone is 6. The fraction of sp³-hybridized carbons (Fsp3) is 0.463. The molecule has 796 valence electrons. The molecule has 146 heavy (non-hydrogen) atoms. The van der Waals surface area contributed by atoms with Crippen molar-refractivity contribution in [1.29, 1.82) is 0 Å². The summed E-state index contributed by atoms with van der Waals surface area (Å²) in [6, 6.07) is 68.7. The van der Waals surface area contributed by atoms with Gasteiger partial charge in [-0.1, -0.05) is 483 Å². The number of ether oxygens (including phenoxy) is 1. The average Bonchev–Trinajstić information content (AvgIpc) is 0.815. The molecule has 0 aliphatic heterocycles. The third-order valence-corrected chi connectivity index (χ3v) is 28.7. The number of aliphatic hydroxyl groups excluding tert-OH is 4. The van der Waals surface area contributed by atoms with Crippen molar-refractivity contribution < 1.29 is 40.5 Å². The van der Waals surface area contributed by atoms with Crippen molar-refractivity contribution in [2.45, 2.75) is 385 Å². The molecule has 3 aliphatic carbocycles. The van der Waals surface area contributed by atoms with Crippen molar-refractivity contribution in [3.8, 4) is 5.75 Å². The topological polar surface area (TPSA) is 151 Å². The Labute approximate surface area is 905 Å². The molecule has 0 amide bonds. The Bertz CT molecular complexity index is 5460. The molecule has 1 fully saturated rings. The maximum Gasteiger partial charge on any atom is 0.119 e. The summed E-state index contributed by atoms with van der Waals surface area (Å²) in [4.78, 5) is 0. The summed E-state index contributed by atoms with van der Waals surface area (Å²) in [5.41, 5.74) is 21.0. The van der Waals surface area contributed by atoms with Crippen LogP contribution in [0.15, 0.2) is 259 Å². The summed E-state index contributed by atoms with van der Waals surface area (Å²) in [5, 5.41) is 74.5. The van der Waals surface area contributed by atoms with Crippen LogP contribution in [-0.4, -0.2) is 59.2 Å². The molecular formula is C134H184Cl4O8. The van der Waals surface area contributed by atoms with E-state index in [-0.39, 0.29) is 25.0 Å². The molecule has 0 saturated heterocycles. The van der Waals surface area contributed by atoms with Gasteiger partial charge in [0.1, 0.15) is 5.75 Å². The number of unbranched alkanes of at least 4 members (excludes halogenated alkanes) is 2. The number of hydrogen-bond acceptors (Lipinski definition) is 8. The molecular weight excluding hydrogens is 1880 g/mol. The van der Waals surface area contributed by atoms with E-state index >= 15 is 0 Å². The fourth-order valence-electron chi connectivity index (χ4n) is 19.1. The Morgan fingerprint density at radius 3 is 0.952 bits per heavy atom. The predicted octanol–water partition coefficient (Wildman–Crippen LogP) is 39.7. The Kier molecular flexibility index (Phi) is 61.0. The minimum absolute atomic E-state index is 0. The zero-order valence-electron chi connectivity index (χ0n) is 91.3. The van der Waals surface area contributed by atoms with E-state index in [4.69, 9.17) is 51.1 Å². The van der Waals surface area contributed by atoms with Gasteiger partial charge in [0.2, 0.25) is 0 Å². The smallest absolute Gasteiger partial charge is 0.119 e. The molecule has 4 unspecified atom stereocenters. The first-order valence-corrected chi connectivity index (χ1v) is 56.4. The van der Waals surface area contributed by atoms with Gasteiger partial charge < -0.3 is 40.5 Å². The quantitative estimate of drug-likeness (QED) is 0.0187. The Hall–Kier alpha value is -8.68. The van der Waals surface area contributed by atoms with Crippen LogP contribution in [0, 0.1) is 10.8 Å². The highest BCUT2D eigenvalue weighted by atomic mass is 35.5. The van der Waals surface area contributed by atoms with Crippen LogP contribution >= 0.6 is 46.4 Å². The van der Waals surface area contributed by atoms with Crippen LogP contribution in [0.25, 0.3) is 54.7 Å². The highest BCUT2D eigenvalue weighted by molar-refractivity contribution is 6.38. The second kappa shape index (κ2) is 69.6. The number of aliphatic hydroxyl groups is 7. The summed E-state index contributed by atoms with van der Waals surface area (Å²) in [6.45, 7) is 38.0. The molecule has 9 aromatic carbocycles. The van der Waals surface area contributed by atoms with Crippen molar-refractivity contribution in [1.82, 2.24) is 0 Å². The Morgan fingerprint density at radius 1 is 0.329 bits per heavy atom. The number of hydrogen-bond donors (Lipinski definition) is 7. The normalized spacial score (nSPS) is 15.4. The first-order chi connectivity index (χ1) is 69.6. The summed E-state index contributed by atoms with van der Waals surface area (Å²) >= 11 is 24.6. The lowest BCUT2D eigenvalue weighted by molar-refractivity contribution is 0.0521. The lowest BCUT2D eigenvalue weighted by Crippen LogP contribution is -2.28. The average molecular weight is 2060 g/mol. The lowest BCUT2D eigenvalue weighted by atomic mass is 9.72. The molecule has 0 aromatic heterocycles. The van der Waals surface area contributed by atoms with Crippen molar-refractivity contribution >= 4 is 101 Å². The summed E-state index contributed by atoms with van der Waals surface area (Å²) in [6.07, 6.45) is 62.7. The van der Waals surface area contributed by atoms with Crippen LogP contribution < -0.4 is 4.74 Å².